The van der Waals surface area contributed by atoms with Crippen molar-refractivity contribution in [3.8, 4) is 0 Å². The molecule has 0 aromatic carbocycles. The second kappa shape index (κ2) is 6.22. The Kier molecular flexibility index (Phi) is 4.76. The molecule has 2 fully saturated rings. The lowest BCUT2D eigenvalue weighted by Gasteiger charge is -2.39. The fourth-order valence-electron chi connectivity index (χ4n) is 2.84. The van der Waals surface area contributed by atoms with Crippen molar-refractivity contribution in [2.45, 2.75) is 64.1 Å². The lowest BCUT2D eigenvalue weighted by Crippen LogP contribution is -2.54. The van der Waals surface area contributed by atoms with Crippen molar-refractivity contribution < 1.29 is 14.3 Å². The first-order chi connectivity index (χ1) is 9.81. The molecule has 1 aliphatic heterocycles. The van der Waals surface area contributed by atoms with E-state index in [1.807, 2.05) is 25.7 Å². The van der Waals surface area contributed by atoms with E-state index in [-0.39, 0.29) is 24.6 Å². The summed E-state index contributed by atoms with van der Waals surface area (Å²) in [7, 11) is 0. The lowest BCUT2D eigenvalue weighted by atomic mass is 10.0. The molecular weight excluding hydrogens is 270 g/mol. The van der Waals surface area contributed by atoms with Crippen molar-refractivity contribution in [3.05, 3.63) is 0 Å². The number of amides is 2. The summed E-state index contributed by atoms with van der Waals surface area (Å²) in [5.74, 6) is -0.00598. The largest absolute Gasteiger partial charge is 0.444 e. The quantitative estimate of drug-likeness (QED) is 0.853. The van der Waals surface area contributed by atoms with Crippen molar-refractivity contribution in [2.75, 3.05) is 19.6 Å². The average Bonchev–Trinajstić information content (AvgIpc) is 3.22. The van der Waals surface area contributed by atoms with Crippen molar-refractivity contribution >= 4 is 12.0 Å². The van der Waals surface area contributed by atoms with Crippen molar-refractivity contribution in [3.63, 3.8) is 0 Å². The fourth-order valence-corrected chi connectivity index (χ4v) is 2.84. The first-order valence-corrected chi connectivity index (χ1v) is 7.81. The van der Waals surface area contributed by atoms with Gasteiger partial charge in [-0.25, -0.2) is 4.79 Å². The van der Waals surface area contributed by atoms with Gasteiger partial charge in [0, 0.05) is 25.2 Å². The van der Waals surface area contributed by atoms with Gasteiger partial charge in [0.1, 0.15) is 5.60 Å². The molecule has 2 aliphatic rings. The van der Waals surface area contributed by atoms with Gasteiger partial charge in [-0.3, -0.25) is 4.79 Å². The smallest absolute Gasteiger partial charge is 0.410 e. The molecule has 1 atom stereocenters. The van der Waals surface area contributed by atoms with E-state index in [4.69, 9.17) is 10.5 Å². The van der Waals surface area contributed by atoms with Crippen LogP contribution in [-0.4, -0.2) is 59.1 Å². The van der Waals surface area contributed by atoms with Crippen LogP contribution in [0, 0.1) is 0 Å². The monoisotopic (exact) mass is 297 g/mol. The number of ether oxygens (including phenoxy) is 1. The summed E-state index contributed by atoms with van der Waals surface area (Å²) in [4.78, 5) is 27.9. The van der Waals surface area contributed by atoms with Crippen molar-refractivity contribution in [1.82, 2.24) is 9.80 Å². The van der Waals surface area contributed by atoms with Crippen LogP contribution in [0.1, 0.15) is 46.5 Å². The van der Waals surface area contributed by atoms with E-state index in [9.17, 15) is 9.59 Å². The van der Waals surface area contributed by atoms with Crippen LogP contribution in [0.2, 0.25) is 0 Å². The second-order valence-corrected chi connectivity index (χ2v) is 6.96. The zero-order valence-corrected chi connectivity index (χ0v) is 13.3. The van der Waals surface area contributed by atoms with Crippen LogP contribution in [0.15, 0.2) is 0 Å². The van der Waals surface area contributed by atoms with Crippen LogP contribution in [0.3, 0.4) is 0 Å². The molecule has 0 spiro atoms. The molecule has 1 saturated heterocycles. The summed E-state index contributed by atoms with van der Waals surface area (Å²) < 4.78 is 5.43. The van der Waals surface area contributed by atoms with Gasteiger partial charge in [-0.2, -0.15) is 0 Å². The first kappa shape index (κ1) is 16.1. The number of hydrogen-bond acceptors (Lipinski definition) is 4. The SMILES string of the molecule is CC(C)(C)OC(=O)N1CCC[C@H](N(C(=O)CN)C2CC2)C1. The molecular formula is C15H27N3O3. The number of nitrogens with two attached hydrogens (primary N) is 1. The summed E-state index contributed by atoms with van der Waals surface area (Å²) in [5.41, 5.74) is 5.03. The van der Waals surface area contributed by atoms with Crippen LogP contribution >= 0.6 is 0 Å². The minimum Gasteiger partial charge on any atom is -0.444 e. The summed E-state index contributed by atoms with van der Waals surface area (Å²) in [6, 6.07) is 0.402. The normalized spacial score (nSPS) is 22.9. The molecule has 0 radical (unpaired) electrons. The third kappa shape index (κ3) is 4.33. The average molecular weight is 297 g/mol. The molecule has 2 rings (SSSR count). The Labute approximate surface area is 126 Å². The fraction of sp³-hybridized carbons (Fsp3) is 0.867. The summed E-state index contributed by atoms with van der Waals surface area (Å²) in [6.45, 7) is 6.87. The van der Waals surface area contributed by atoms with Crippen LogP contribution in [0.5, 0.6) is 0 Å². The van der Waals surface area contributed by atoms with Crippen LogP contribution < -0.4 is 5.73 Å². The lowest BCUT2D eigenvalue weighted by molar-refractivity contribution is -0.133. The number of nitrogens with zero attached hydrogens (tertiary/aromatic N) is 2. The van der Waals surface area contributed by atoms with E-state index in [2.05, 4.69) is 0 Å². The maximum absolute atomic E-state index is 12.2. The van der Waals surface area contributed by atoms with E-state index in [1.54, 1.807) is 4.90 Å². The maximum Gasteiger partial charge on any atom is 0.410 e. The van der Waals surface area contributed by atoms with Gasteiger partial charge in [0.25, 0.3) is 0 Å². The molecule has 0 unspecified atom stereocenters. The molecule has 0 bridgehead atoms. The Morgan fingerprint density at radius 3 is 2.43 bits per heavy atom. The minimum atomic E-state index is -0.493. The molecule has 2 N–H and O–H groups in total. The van der Waals surface area contributed by atoms with Gasteiger partial charge in [0.15, 0.2) is 0 Å². The Balaban J connectivity index is 1.99. The molecule has 0 aromatic heterocycles. The van der Waals surface area contributed by atoms with Crippen molar-refractivity contribution in [2.24, 2.45) is 5.73 Å². The molecule has 120 valence electrons. The van der Waals surface area contributed by atoms with Crippen LogP contribution in [0.25, 0.3) is 0 Å². The Bertz CT molecular complexity index is 401. The molecule has 1 saturated carbocycles. The minimum absolute atomic E-state index is 0.00598. The van der Waals surface area contributed by atoms with Crippen molar-refractivity contribution in [1.29, 1.82) is 0 Å². The van der Waals surface area contributed by atoms with E-state index in [1.165, 1.54) is 0 Å². The van der Waals surface area contributed by atoms with Gasteiger partial charge in [0.2, 0.25) is 5.91 Å². The first-order valence-electron chi connectivity index (χ1n) is 7.81. The maximum atomic E-state index is 12.2. The standard InChI is InChI=1S/C15H27N3O3/c1-15(2,3)21-14(20)17-8-4-5-12(10-17)18(11-6-7-11)13(19)9-16/h11-12H,4-10,16H2,1-3H3/t12-/m0/s1. The highest BCUT2D eigenvalue weighted by atomic mass is 16.6. The van der Waals surface area contributed by atoms with Crippen LogP contribution in [0.4, 0.5) is 4.79 Å². The van der Waals surface area contributed by atoms with Gasteiger partial charge in [-0.15, -0.1) is 0 Å². The molecule has 1 aliphatic carbocycles. The van der Waals surface area contributed by atoms with Gasteiger partial charge in [0.05, 0.1) is 6.54 Å². The third-order valence-corrected chi connectivity index (χ3v) is 3.84. The zero-order valence-electron chi connectivity index (χ0n) is 13.3. The summed E-state index contributed by atoms with van der Waals surface area (Å²) in [6.07, 6.45) is 3.64. The highest BCUT2D eigenvalue weighted by molar-refractivity contribution is 5.79. The van der Waals surface area contributed by atoms with E-state index in [0.717, 1.165) is 25.7 Å². The van der Waals surface area contributed by atoms with E-state index < -0.39 is 5.60 Å². The highest BCUT2D eigenvalue weighted by Crippen LogP contribution is 2.31. The van der Waals surface area contributed by atoms with Gasteiger partial charge >= 0.3 is 6.09 Å². The molecule has 2 amide bonds. The Morgan fingerprint density at radius 1 is 1.24 bits per heavy atom. The summed E-state index contributed by atoms with van der Waals surface area (Å²) >= 11 is 0. The topological polar surface area (TPSA) is 75.9 Å². The van der Waals surface area contributed by atoms with Gasteiger partial charge < -0.3 is 20.3 Å². The van der Waals surface area contributed by atoms with Gasteiger partial charge in [-0.05, 0) is 46.5 Å². The molecule has 6 heteroatoms. The predicted molar refractivity (Wildman–Crippen MR) is 79.8 cm³/mol. The predicted octanol–water partition coefficient (Wildman–Crippen LogP) is 1.34. The third-order valence-electron chi connectivity index (χ3n) is 3.84. The number of piperidine rings is 1. The number of rotatable bonds is 3. The molecule has 1 heterocycles. The number of likely N-dealkylation sites (tertiary alicyclic amines) is 1. The zero-order chi connectivity index (χ0) is 15.6. The molecule has 6 nitrogen and oxygen atoms in total. The summed E-state index contributed by atoms with van der Waals surface area (Å²) in [5, 5.41) is 0. The Morgan fingerprint density at radius 2 is 1.90 bits per heavy atom. The molecule has 21 heavy (non-hydrogen) atoms. The highest BCUT2D eigenvalue weighted by Gasteiger charge is 2.39. The van der Waals surface area contributed by atoms with E-state index >= 15 is 0 Å². The van der Waals surface area contributed by atoms with Gasteiger partial charge in [-0.1, -0.05) is 0 Å². The van der Waals surface area contributed by atoms with E-state index in [0.29, 0.717) is 19.1 Å². The van der Waals surface area contributed by atoms with Crippen LogP contribution in [-0.2, 0) is 9.53 Å². The number of carbonyl (C=O) groups excluding carboxylic acids is 2. The Hall–Kier alpha value is -1.30. The molecule has 0 aromatic rings. The second-order valence-electron chi connectivity index (χ2n) is 6.96. The number of hydrogen-bond donors (Lipinski definition) is 1. The number of carbonyl (C=O) groups is 2.